The largest absolute Gasteiger partial charge is 0.416 e. The van der Waals surface area contributed by atoms with E-state index in [9.17, 15) is 22.8 Å². The molecule has 0 saturated heterocycles. The van der Waals surface area contributed by atoms with Gasteiger partial charge in [-0.1, -0.05) is 23.6 Å². The molecule has 106 valence electrons. The summed E-state index contributed by atoms with van der Waals surface area (Å²) in [7, 11) is 0. The van der Waals surface area contributed by atoms with Crippen LogP contribution in [0.5, 0.6) is 0 Å². The zero-order valence-electron chi connectivity index (χ0n) is 10.6. The first-order valence-corrected chi connectivity index (χ1v) is 6.62. The van der Waals surface area contributed by atoms with E-state index in [1.54, 1.807) is 0 Å². The number of carbonyl (C=O) groups is 2. The Morgan fingerprint density at radius 2 is 2.10 bits per heavy atom. The molecule has 0 fully saturated rings. The average molecular weight is 300 g/mol. The van der Waals surface area contributed by atoms with E-state index in [1.165, 1.54) is 6.92 Å². The molecular formula is C14H11F3O2S. The Morgan fingerprint density at radius 3 is 2.65 bits per heavy atom. The monoisotopic (exact) mass is 300 g/mol. The molecule has 0 aromatic heterocycles. The van der Waals surface area contributed by atoms with Crippen LogP contribution in [0, 0.1) is 11.8 Å². The number of hydrogen-bond acceptors (Lipinski definition) is 3. The lowest BCUT2D eigenvalue weighted by molar-refractivity contribution is -0.137. The summed E-state index contributed by atoms with van der Waals surface area (Å²) in [6.45, 7) is 1.43. The van der Waals surface area contributed by atoms with Crippen LogP contribution in [0.15, 0.2) is 18.2 Å². The molecule has 0 aliphatic rings. The maximum Gasteiger partial charge on any atom is 0.416 e. The second-order valence-corrected chi connectivity index (χ2v) is 5.08. The van der Waals surface area contributed by atoms with Gasteiger partial charge in [-0.15, -0.1) is 0 Å². The molecule has 0 radical (unpaired) electrons. The Labute approximate surface area is 118 Å². The zero-order valence-corrected chi connectivity index (χ0v) is 11.4. The molecule has 0 spiro atoms. The van der Waals surface area contributed by atoms with Gasteiger partial charge in [-0.05, 0) is 18.2 Å². The quantitative estimate of drug-likeness (QED) is 0.486. The topological polar surface area (TPSA) is 34.1 Å². The zero-order chi connectivity index (χ0) is 15.2. The SMILES string of the molecule is CC(=O)SCCC#Cc1cc(C(F)(F)F)ccc1C=O. The molecule has 6 heteroatoms. The molecule has 20 heavy (non-hydrogen) atoms. The van der Waals surface area contributed by atoms with E-state index < -0.39 is 11.7 Å². The van der Waals surface area contributed by atoms with Gasteiger partial charge in [0.05, 0.1) is 5.56 Å². The Hall–Kier alpha value is -1.74. The predicted molar refractivity (Wildman–Crippen MR) is 71.5 cm³/mol. The summed E-state index contributed by atoms with van der Waals surface area (Å²) in [4.78, 5) is 21.4. The van der Waals surface area contributed by atoms with Crippen LogP contribution in [0.25, 0.3) is 0 Å². The minimum Gasteiger partial charge on any atom is -0.298 e. The molecule has 0 amide bonds. The Balaban J connectivity index is 2.89. The number of halogens is 3. The smallest absolute Gasteiger partial charge is 0.298 e. The van der Waals surface area contributed by atoms with Crippen molar-refractivity contribution in [3.05, 3.63) is 34.9 Å². The third-order valence-electron chi connectivity index (χ3n) is 2.26. The van der Waals surface area contributed by atoms with Gasteiger partial charge in [0.2, 0.25) is 0 Å². The molecule has 0 aliphatic heterocycles. The van der Waals surface area contributed by atoms with Crippen molar-refractivity contribution in [1.82, 2.24) is 0 Å². The number of alkyl halides is 3. The highest BCUT2D eigenvalue weighted by molar-refractivity contribution is 8.13. The van der Waals surface area contributed by atoms with Gasteiger partial charge in [-0.2, -0.15) is 13.2 Å². The van der Waals surface area contributed by atoms with Crippen molar-refractivity contribution in [2.75, 3.05) is 5.75 Å². The second-order valence-electron chi connectivity index (χ2n) is 3.81. The fraction of sp³-hybridized carbons (Fsp3) is 0.286. The molecule has 0 unspecified atom stereocenters. The molecule has 0 bridgehead atoms. The van der Waals surface area contributed by atoms with Crippen LogP contribution in [-0.4, -0.2) is 17.2 Å². The van der Waals surface area contributed by atoms with Crippen LogP contribution < -0.4 is 0 Å². The van der Waals surface area contributed by atoms with Crippen LogP contribution in [0.2, 0.25) is 0 Å². The van der Waals surface area contributed by atoms with Crippen molar-refractivity contribution >= 4 is 23.2 Å². The predicted octanol–water partition coefficient (Wildman–Crippen LogP) is 3.54. The van der Waals surface area contributed by atoms with E-state index >= 15 is 0 Å². The van der Waals surface area contributed by atoms with Crippen LogP contribution in [0.4, 0.5) is 13.2 Å². The van der Waals surface area contributed by atoms with Gasteiger partial charge in [0.1, 0.15) is 0 Å². The average Bonchev–Trinajstić information content (AvgIpc) is 2.36. The molecule has 0 N–H and O–H groups in total. The summed E-state index contributed by atoms with van der Waals surface area (Å²) < 4.78 is 37.7. The highest BCUT2D eigenvalue weighted by Gasteiger charge is 2.30. The fourth-order valence-electron chi connectivity index (χ4n) is 1.35. The van der Waals surface area contributed by atoms with E-state index in [1.807, 2.05) is 0 Å². The van der Waals surface area contributed by atoms with Crippen LogP contribution in [0.1, 0.15) is 34.8 Å². The molecule has 0 saturated carbocycles. The number of hydrogen-bond donors (Lipinski definition) is 0. The number of benzene rings is 1. The van der Waals surface area contributed by atoms with E-state index in [4.69, 9.17) is 0 Å². The highest BCUT2D eigenvalue weighted by Crippen LogP contribution is 2.30. The van der Waals surface area contributed by atoms with Crippen molar-refractivity contribution in [3.8, 4) is 11.8 Å². The minimum atomic E-state index is -4.47. The third-order valence-corrected chi connectivity index (χ3v) is 3.08. The third kappa shape index (κ3) is 5.10. The minimum absolute atomic E-state index is 0.0422. The van der Waals surface area contributed by atoms with Gasteiger partial charge in [0.25, 0.3) is 0 Å². The Kier molecular flexibility index (Phi) is 5.83. The lowest BCUT2D eigenvalue weighted by Gasteiger charge is -2.07. The normalized spacial score (nSPS) is 10.6. The summed E-state index contributed by atoms with van der Waals surface area (Å²) in [6, 6.07) is 2.81. The molecule has 0 atom stereocenters. The standard InChI is InChI=1S/C14H11F3O2S/c1-10(19)20-7-3-2-4-11-8-13(14(15,16)17)6-5-12(11)9-18/h5-6,8-9H,3,7H2,1H3. The van der Waals surface area contributed by atoms with E-state index in [-0.39, 0.29) is 16.2 Å². The maximum atomic E-state index is 12.6. The Morgan fingerprint density at radius 1 is 1.40 bits per heavy atom. The molecule has 1 aromatic rings. The Bertz CT molecular complexity index is 568. The first-order valence-electron chi connectivity index (χ1n) is 5.63. The number of carbonyl (C=O) groups excluding carboxylic acids is 2. The van der Waals surface area contributed by atoms with Crippen LogP contribution in [-0.2, 0) is 11.0 Å². The van der Waals surface area contributed by atoms with E-state index in [2.05, 4.69) is 11.8 Å². The van der Waals surface area contributed by atoms with Crippen molar-refractivity contribution < 1.29 is 22.8 Å². The summed E-state index contributed by atoms with van der Waals surface area (Å²) in [5.41, 5.74) is -0.683. The summed E-state index contributed by atoms with van der Waals surface area (Å²) >= 11 is 1.09. The summed E-state index contributed by atoms with van der Waals surface area (Å²) in [5.74, 6) is 5.68. The van der Waals surface area contributed by atoms with Gasteiger partial charge in [-0.25, -0.2) is 0 Å². The van der Waals surface area contributed by atoms with Gasteiger partial charge < -0.3 is 0 Å². The van der Waals surface area contributed by atoms with Gasteiger partial charge >= 0.3 is 6.18 Å². The number of thioether (sulfide) groups is 1. The van der Waals surface area contributed by atoms with Gasteiger partial charge in [-0.3, -0.25) is 9.59 Å². The molecule has 1 rings (SSSR count). The molecular weight excluding hydrogens is 289 g/mol. The lowest BCUT2D eigenvalue weighted by atomic mass is 10.0. The van der Waals surface area contributed by atoms with Crippen molar-refractivity contribution in [2.24, 2.45) is 0 Å². The first-order chi connectivity index (χ1) is 9.34. The van der Waals surface area contributed by atoms with E-state index in [0.717, 1.165) is 30.0 Å². The maximum absolute atomic E-state index is 12.6. The molecule has 0 aliphatic carbocycles. The molecule has 1 aromatic carbocycles. The first kappa shape index (κ1) is 16.3. The summed E-state index contributed by atoms with van der Waals surface area (Å²) in [6.07, 6.45) is -3.64. The number of rotatable bonds is 3. The summed E-state index contributed by atoms with van der Waals surface area (Å²) in [5, 5.41) is -0.0422. The van der Waals surface area contributed by atoms with Crippen LogP contribution >= 0.6 is 11.8 Å². The molecule has 0 heterocycles. The highest BCUT2D eigenvalue weighted by atomic mass is 32.2. The van der Waals surface area contributed by atoms with Crippen molar-refractivity contribution in [2.45, 2.75) is 19.5 Å². The van der Waals surface area contributed by atoms with Gasteiger partial charge in [0, 0.05) is 30.2 Å². The second kappa shape index (κ2) is 7.15. The fourth-order valence-corrected chi connectivity index (χ4v) is 1.84. The lowest BCUT2D eigenvalue weighted by Crippen LogP contribution is -2.06. The number of aldehydes is 1. The van der Waals surface area contributed by atoms with Crippen LogP contribution in [0.3, 0.4) is 0 Å². The van der Waals surface area contributed by atoms with Crippen molar-refractivity contribution in [3.63, 3.8) is 0 Å². The van der Waals surface area contributed by atoms with Crippen molar-refractivity contribution in [1.29, 1.82) is 0 Å². The molecule has 2 nitrogen and oxygen atoms in total. The van der Waals surface area contributed by atoms with Gasteiger partial charge in [0.15, 0.2) is 11.4 Å². The van der Waals surface area contributed by atoms with E-state index in [0.29, 0.717) is 18.5 Å².